The monoisotopic (exact) mass is 518 g/mol. The second kappa shape index (κ2) is 8.43. The lowest BCUT2D eigenvalue weighted by Crippen LogP contribution is -2.27. The zero-order chi connectivity index (χ0) is 21.4. The van der Waals surface area contributed by atoms with Gasteiger partial charge in [-0.3, -0.25) is 0 Å². The van der Waals surface area contributed by atoms with Gasteiger partial charge in [0.2, 0.25) is 0 Å². The predicted molar refractivity (Wildman–Crippen MR) is 138 cm³/mol. The number of hydrogen-bond donors (Lipinski definition) is 0. The molecular weight excluding hydrogens is 487 g/mol. The topological polar surface area (TPSA) is 9.23 Å². The minimum atomic E-state index is -0.0113. The standard InChI is InChI=1S/C26H31IOS/c1-17(16-19(3)28-27)15-18(2)26(6,7)23-20-11-8-9-13-22(20)29-24(23)21-12-10-14-25(21,4)5/h8-16,18H,1-7H3/b17-15-,19-16-/t18-/m1/s1. The number of halogens is 1. The molecule has 1 aromatic carbocycles. The summed E-state index contributed by atoms with van der Waals surface area (Å²) in [4.78, 5) is 1.44. The van der Waals surface area contributed by atoms with Gasteiger partial charge in [-0.05, 0) is 53.8 Å². The molecule has 3 rings (SSSR count). The van der Waals surface area contributed by atoms with Gasteiger partial charge in [-0.25, -0.2) is 0 Å². The normalized spacial score (nSPS) is 18.3. The highest BCUT2D eigenvalue weighted by Gasteiger charge is 2.36. The van der Waals surface area contributed by atoms with Crippen LogP contribution in [0.1, 0.15) is 58.9 Å². The summed E-state index contributed by atoms with van der Waals surface area (Å²) >= 11 is 3.88. The summed E-state index contributed by atoms with van der Waals surface area (Å²) in [6.45, 7) is 15.9. The van der Waals surface area contributed by atoms with Crippen molar-refractivity contribution in [1.29, 1.82) is 0 Å². The summed E-state index contributed by atoms with van der Waals surface area (Å²) in [7, 11) is 0. The molecule has 0 N–H and O–H groups in total. The fraction of sp³-hybridized carbons (Fsp3) is 0.385. The Balaban J connectivity index is 2.15. The van der Waals surface area contributed by atoms with Crippen LogP contribution in [0.15, 0.2) is 66.0 Å². The fourth-order valence-electron chi connectivity index (χ4n) is 4.15. The van der Waals surface area contributed by atoms with Gasteiger partial charge in [0.1, 0.15) is 5.76 Å². The molecule has 154 valence electrons. The number of allylic oxidation sites excluding steroid dienone is 8. The van der Waals surface area contributed by atoms with Crippen molar-refractivity contribution >= 4 is 50.0 Å². The van der Waals surface area contributed by atoms with Crippen LogP contribution >= 0.6 is 34.3 Å². The Morgan fingerprint density at radius 1 is 1.21 bits per heavy atom. The summed E-state index contributed by atoms with van der Waals surface area (Å²) in [5, 5.41) is 1.39. The maximum absolute atomic E-state index is 5.30. The van der Waals surface area contributed by atoms with Crippen LogP contribution in [0.2, 0.25) is 0 Å². The van der Waals surface area contributed by atoms with Crippen LogP contribution in [-0.2, 0) is 8.48 Å². The van der Waals surface area contributed by atoms with Crippen LogP contribution in [0, 0.1) is 11.3 Å². The molecule has 0 amide bonds. The second-order valence-electron chi connectivity index (χ2n) is 9.22. The lowest BCUT2D eigenvalue weighted by Gasteiger charge is -2.33. The first-order valence-corrected chi connectivity index (χ1v) is 11.9. The third-order valence-corrected chi connectivity index (χ3v) is 8.06. The molecule has 29 heavy (non-hydrogen) atoms. The first-order valence-electron chi connectivity index (χ1n) is 10.2. The molecule has 0 unspecified atom stereocenters. The maximum atomic E-state index is 5.30. The zero-order valence-electron chi connectivity index (χ0n) is 18.5. The number of fused-ring (bicyclic) bond motifs is 1. The van der Waals surface area contributed by atoms with Crippen LogP contribution in [-0.4, -0.2) is 0 Å². The van der Waals surface area contributed by atoms with E-state index in [9.17, 15) is 0 Å². The van der Waals surface area contributed by atoms with Gasteiger partial charge in [0, 0.05) is 15.0 Å². The average Bonchev–Trinajstić information content (AvgIpc) is 3.20. The highest BCUT2D eigenvalue weighted by atomic mass is 127. The van der Waals surface area contributed by atoms with E-state index in [0.717, 1.165) is 5.76 Å². The van der Waals surface area contributed by atoms with E-state index < -0.39 is 0 Å². The summed E-state index contributed by atoms with van der Waals surface area (Å²) in [6, 6.07) is 8.87. The first kappa shape index (κ1) is 22.4. The Hall–Kier alpha value is -1.33. The third-order valence-electron chi connectivity index (χ3n) is 6.16. The van der Waals surface area contributed by atoms with E-state index in [1.165, 1.54) is 31.7 Å². The molecule has 0 saturated carbocycles. The molecule has 1 aliphatic rings. The Morgan fingerprint density at radius 2 is 1.90 bits per heavy atom. The van der Waals surface area contributed by atoms with Gasteiger partial charge in [-0.15, -0.1) is 11.3 Å². The number of benzene rings is 1. The van der Waals surface area contributed by atoms with E-state index in [2.05, 4.69) is 96.2 Å². The van der Waals surface area contributed by atoms with Crippen molar-refractivity contribution < 1.29 is 3.07 Å². The molecule has 1 aliphatic carbocycles. The van der Waals surface area contributed by atoms with Crippen molar-refractivity contribution in [2.24, 2.45) is 11.3 Å². The first-order chi connectivity index (χ1) is 13.6. The van der Waals surface area contributed by atoms with Gasteiger partial charge in [0.05, 0.1) is 0 Å². The van der Waals surface area contributed by atoms with Crippen LogP contribution in [0.3, 0.4) is 0 Å². The van der Waals surface area contributed by atoms with Crippen molar-refractivity contribution in [3.05, 3.63) is 76.4 Å². The number of thiophene rings is 1. The van der Waals surface area contributed by atoms with Crippen LogP contribution < -0.4 is 0 Å². The molecule has 0 bridgehead atoms. The summed E-state index contributed by atoms with van der Waals surface area (Å²) < 4.78 is 6.68. The molecule has 1 aromatic heterocycles. The van der Waals surface area contributed by atoms with E-state index in [1.807, 2.05) is 41.3 Å². The summed E-state index contributed by atoms with van der Waals surface area (Å²) in [5.74, 6) is 1.30. The Labute approximate surface area is 193 Å². The highest BCUT2D eigenvalue weighted by molar-refractivity contribution is 14.1. The predicted octanol–water partition coefficient (Wildman–Crippen LogP) is 9.01. The Kier molecular flexibility index (Phi) is 6.50. The summed E-state index contributed by atoms with van der Waals surface area (Å²) in [6.07, 6.45) is 11.3. The molecule has 0 radical (unpaired) electrons. The smallest absolute Gasteiger partial charge is 0.192 e. The van der Waals surface area contributed by atoms with Gasteiger partial charge in [-0.1, -0.05) is 82.7 Å². The quantitative estimate of drug-likeness (QED) is 0.211. The van der Waals surface area contributed by atoms with Gasteiger partial charge in [-0.2, -0.15) is 0 Å². The van der Waals surface area contributed by atoms with Crippen molar-refractivity contribution in [2.75, 3.05) is 0 Å². The Morgan fingerprint density at radius 3 is 2.52 bits per heavy atom. The highest BCUT2D eigenvalue weighted by Crippen LogP contribution is 2.51. The third kappa shape index (κ3) is 4.41. The molecule has 0 aliphatic heterocycles. The molecule has 0 spiro atoms. The SMILES string of the molecule is CC(=C/[C@@H](C)C(C)(C)c1c(C2=CC=CC2(C)C)sc2ccccc12)/C=C(/C)OI. The lowest BCUT2D eigenvalue weighted by atomic mass is 9.70. The van der Waals surface area contributed by atoms with E-state index in [-0.39, 0.29) is 10.8 Å². The van der Waals surface area contributed by atoms with Crippen LogP contribution in [0.25, 0.3) is 15.7 Å². The largest absolute Gasteiger partial charge is 0.433 e. The summed E-state index contributed by atoms with van der Waals surface area (Å²) in [5.41, 5.74) is 4.20. The van der Waals surface area contributed by atoms with Crippen molar-refractivity contribution in [3.63, 3.8) is 0 Å². The molecule has 3 heteroatoms. The maximum Gasteiger partial charge on any atom is 0.192 e. The van der Waals surface area contributed by atoms with Crippen molar-refractivity contribution in [2.45, 2.75) is 53.9 Å². The van der Waals surface area contributed by atoms with E-state index in [0.29, 0.717) is 5.92 Å². The lowest BCUT2D eigenvalue weighted by molar-refractivity contribution is 0.411. The van der Waals surface area contributed by atoms with Crippen LogP contribution in [0.5, 0.6) is 0 Å². The van der Waals surface area contributed by atoms with E-state index in [4.69, 9.17) is 3.07 Å². The molecule has 1 atom stereocenters. The van der Waals surface area contributed by atoms with Gasteiger partial charge in [0.15, 0.2) is 23.0 Å². The van der Waals surface area contributed by atoms with Crippen LogP contribution in [0.4, 0.5) is 0 Å². The second-order valence-corrected chi connectivity index (χ2v) is 10.7. The minimum absolute atomic E-state index is 0.0113. The van der Waals surface area contributed by atoms with Crippen molar-refractivity contribution in [3.8, 4) is 0 Å². The number of hydrogen-bond acceptors (Lipinski definition) is 2. The minimum Gasteiger partial charge on any atom is -0.433 e. The van der Waals surface area contributed by atoms with E-state index in [1.54, 1.807) is 0 Å². The molecule has 0 saturated heterocycles. The molecule has 1 nitrogen and oxygen atoms in total. The molecule has 2 aromatic rings. The van der Waals surface area contributed by atoms with E-state index >= 15 is 0 Å². The average molecular weight is 519 g/mol. The van der Waals surface area contributed by atoms with Gasteiger partial charge in [0.25, 0.3) is 0 Å². The Bertz CT molecular complexity index is 1030. The number of rotatable bonds is 6. The zero-order valence-corrected chi connectivity index (χ0v) is 21.4. The molecule has 1 heterocycles. The molecular formula is C26H31IOS. The van der Waals surface area contributed by atoms with Crippen molar-refractivity contribution in [1.82, 2.24) is 0 Å². The van der Waals surface area contributed by atoms with Gasteiger partial charge < -0.3 is 3.07 Å². The fourth-order valence-corrected chi connectivity index (χ4v) is 5.84. The van der Waals surface area contributed by atoms with Gasteiger partial charge >= 0.3 is 0 Å². The molecule has 0 fully saturated rings.